The van der Waals surface area contributed by atoms with Crippen molar-refractivity contribution < 1.29 is 9.23 Å². The van der Waals surface area contributed by atoms with Crippen molar-refractivity contribution >= 4 is 15.9 Å². The van der Waals surface area contributed by atoms with Gasteiger partial charge in [0, 0.05) is 0 Å². The van der Waals surface area contributed by atoms with Crippen LogP contribution in [0.25, 0.3) is 0 Å². The first kappa shape index (κ1) is 9.64. The molecular formula is C8H9BrFNO. The number of halogens is 2. The van der Waals surface area contributed by atoms with Gasteiger partial charge in [0.25, 0.3) is 0 Å². The van der Waals surface area contributed by atoms with E-state index in [1.165, 1.54) is 6.07 Å². The maximum absolute atomic E-state index is 12.9. The molecule has 0 aliphatic rings. The Labute approximate surface area is 78.6 Å². The van der Waals surface area contributed by atoms with E-state index in [9.17, 15) is 4.39 Å². The molecular weight excluding hydrogens is 225 g/mol. The summed E-state index contributed by atoms with van der Waals surface area (Å²) < 4.78 is 13.3. The molecule has 0 aliphatic carbocycles. The Hall–Kier alpha value is -0.450. The quantitative estimate of drug-likeness (QED) is 0.798. The van der Waals surface area contributed by atoms with Crippen LogP contribution in [0.3, 0.4) is 0 Å². The Morgan fingerprint density at radius 1 is 1.58 bits per heavy atom. The van der Waals surface area contributed by atoms with Crippen molar-refractivity contribution in [1.29, 1.82) is 0 Å². The monoisotopic (exact) mass is 233 g/mol. The van der Waals surface area contributed by atoms with Gasteiger partial charge in [0.2, 0.25) is 0 Å². The lowest BCUT2D eigenvalue weighted by Gasteiger charge is -2.10. The van der Waals surface area contributed by atoms with Gasteiger partial charge in [-0.2, -0.15) is 0 Å². The van der Waals surface area contributed by atoms with E-state index in [1.54, 1.807) is 19.1 Å². The predicted molar refractivity (Wildman–Crippen MR) is 47.8 cm³/mol. The van der Waals surface area contributed by atoms with Crippen LogP contribution in [0.5, 0.6) is 0 Å². The van der Waals surface area contributed by atoms with E-state index in [0.29, 0.717) is 10.0 Å². The van der Waals surface area contributed by atoms with Crippen molar-refractivity contribution in [3.05, 3.63) is 34.1 Å². The molecule has 66 valence electrons. The molecule has 0 aromatic heterocycles. The summed E-state index contributed by atoms with van der Waals surface area (Å²) in [6.07, 6.45) is -0.310. The molecule has 0 fully saturated rings. The van der Waals surface area contributed by atoms with Crippen LogP contribution in [-0.2, 0) is 4.84 Å². The summed E-state index contributed by atoms with van der Waals surface area (Å²) in [5.41, 5.74) is 0.706. The van der Waals surface area contributed by atoms with Crippen LogP contribution >= 0.6 is 15.9 Å². The number of benzene rings is 1. The Morgan fingerprint density at radius 3 is 2.83 bits per heavy atom. The van der Waals surface area contributed by atoms with E-state index in [1.807, 2.05) is 0 Å². The molecule has 12 heavy (non-hydrogen) atoms. The highest BCUT2D eigenvalue weighted by atomic mass is 79.9. The molecule has 0 spiro atoms. The van der Waals surface area contributed by atoms with Gasteiger partial charge in [-0.3, -0.25) is 4.84 Å². The summed E-state index contributed by atoms with van der Waals surface area (Å²) in [4.78, 5) is 4.58. The second-order valence-corrected chi connectivity index (χ2v) is 3.21. The van der Waals surface area contributed by atoms with Gasteiger partial charge in [-0.15, -0.1) is 0 Å². The first-order valence-corrected chi connectivity index (χ1v) is 4.25. The van der Waals surface area contributed by atoms with E-state index >= 15 is 0 Å². The number of hydrogen-bond acceptors (Lipinski definition) is 2. The Bertz CT molecular complexity index is 280. The molecule has 1 aromatic carbocycles. The van der Waals surface area contributed by atoms with Crippen LogP contribution in [-0.4, -0.2) is 0 Å². The van der Waals surface area contributed by atoms with Crippen molar-refractivity contribution in [2.24, 2.45) is 5.90 Å². The second kappa shape index (κ2) is 3.98. The van der Waals surface area contributed by atoms with Crippen LogP contribution in [0, 0.1) is 5.82 Å². The zero-order chi connectivity index (χ0) is 9.14. The fraction of sp³-hybridized carbons (Fsp3) is 0.250. The largest absolute Gasteiger partial charge is 0.297 e. The van der Waals surface area contributed by atoms with Crippen molar-refractivity contribution in [2.45, 2.75) is 13.0 Å². The lowest BCUT2D eigenvalue weighted by Crippen LogP contribution is -2.06. The van der Waals surface area contributed by atoms with Gasteiger partial charge in [-0.05, 0) is 34.5 Å². The fourth-order valence-electron chi connectivity index (χ4n) is 0.908. The standard InChI is InChI=1S/C8H9BrFNO/c1-5(12-11)6-3-2-4-7(10)8(6)9/h2-5H,11H2,1H3. The molecule has 0 radical (unpaired) electrons. The Morgan fingerprint density at radius 2 is 2.25 bits per heavy atom. The molecule has 1 rings (SSSR count). The lowest BCUT2D eigenvalue weighted by atomic mass is 10.1. The van der Waals surface area contributed by atoms with E-state index in [0.717, 1.165) is 0 Å². The summed E-state index contributed by atoms with van der Waals surface area (Å²) in [5, 5.41) is 0. The highest BCUT2D eigenvalue weighted by Crippen LogP contribution is 2.26. The van der Waals surface area contributed by atoms with Gasteiger partial charge in [0.1, 0.15) is 11.9 Å². The third-order valence-electron chi connectivity index (χ3n) is 1.62. The normalized spacial score (nSPS) is 13.0. The molecule has 0 saturated carbocycles. The van der Waals surface area contributed by atoms with E-state index in [2.05, 4.69) is 20.8 Å². The molecule has 0 aliphatic heterocycles. The van der Waals surface area contributed by atoms with Gasteiger partial charge >= 0.3 is 0 Å². The molecule has 2 N–H and O–H groups in total. The summed E-state index contributed by atoms with van der Waals surface area (Å²) >= 11 is 3.11. The molecule has 0 heterocycles. The summed E-state index contributed by atoms with van der Waals surface area (Å²) in [7, 11) is 0. The molecule has 1 atom stereocenters. The molecule has 1 aromatic rings. The van der Waals surface area contributed by atoms with Crippen molar-refractivity contribution in [3.63, 3.8) is 0 Å². The minimum atomic E-state index is -0.310. The summed E-state index contributed by atoms with van der Waals surface area (Å²) in [6.45, 7) is 1.75. The van der Waals surface area contributed by atoms with Crippen molar-refractivity contribution in [3.8, 4) is 0 Å². The lowest BCUT2D eigenvalue weighted by molar-refractivity contribution is 0.0657. The topological polar surface area (TPSA) is 35.2 Å². The molecule has 2 nitrogen and oxygen atoms in total. The zero-order valence-electron chi connectivity index (χ0n) is 6.55. The smallest absolute Gasteiger partial charge is 0.137 e. The van der Waals surface area contributed by atoms with Gasteiger partial charge in [0.05, 0.1) is 4.47 Å². The highest BCUT2D eigenvalue weighted by molar-refractivity contribution is 9.10. The molecule has 0 bridgehead atoms. The SMILES string of the molecule is CC(ON)c1cccc(F)c1Br. The average molecular weight is 234 g/mol. The third-order valence-corrected chi connectivity index (χ3v) is 2.46. The van der Waals surface area contributed by atoms with E-state index in [4.69, 9.17) is 5.90 Å². The minimum absolute atomic E-state index is 0.309. The van der Waals surface area contributed by atoms with Crippen LogP contribution < -0.4 is 5.90 Å². The molecule has 0 amide bonds. The van der Waals surface area contributed by atoms with Gasteiger partial charge in [-0.1, -0.05) is 12.1 Å². The third kappa shape index (κ3) is 1.83. The number of rotatable bonds is 2. The average Bonchev–Trinajstić information content (AvgIpc) is 2.08. The van der Waals surface area contributed by atoms with Crippen LogP contribution in [0.15, 0.2) is 22.7 Å². The Kier molecular flexibility index (Phi) is 3.20. The van der Waals surface area contributed by atoms with Crippen molar-refractivity contribution in [2.75, 3.05) is 0 Å². The van der Waals surface area contributed by atoms with Crippen LogP contribution in [0.4, 0.5) is 4.39 Å². The summed E-state index contributed by atoms with van der Waals surface area (Å²) in [5.74, 6) is 4.67. The van der Waals surface area contributed by atoms with Crippen molar-refractivity contribution in [1.82, 2.24) is 0 Å². The minimum Gasteiger partial charge on any atom is -0.297 e. The van der Waals surface area contributed by atoms with Crippen LogP contribution in [0.1, 0.15) is 18.6 Å². The Balaban J connectivity index is 3.07. The van der Waals surface area contributed by atoms with Crippen LogP contribution in [0.2, 0.25) is 0 Å². The predicted octanol–water partition coefficient (Wildman–Crippen LogP) is 2.54. The van der Waals surface area contributed by atoms with Gasteiger partial charge < -0.3 is 0 Å². The number of nitrogens with two attached hydrogens (primary N) is 1. The van der Waals surface area contributed by atoms with E-state index < -0.39 is 0 Å². The first-order chi connectivity index (χ1) is 5.66. The fourth-order valence-corrected chi connectivity index (χ4v) is 1.49. The highest BCUT2D eigenvalue weighted by Gasteiger charge is 2.11. The maximum atomic E-state index is 12.9. The van der Waals surface area contributed by atoms with Gasteiger partial charge in [0.15, 0.2) is 0 Å². The molecule has 4 heteroatoms. The number of hydrogen-bond donors (Lipinski definition) is 1. The maximum Gasteiger partial charge on any atom is 0.137 e. The van der Waals surface area contributed by atoms with E-state index in [-0.39, 0.29) is 11.9 Å². The summed E-state index contributed by atoms with van der Waals surface area (Å²) in [6, 6.07) is 4.74. The molecule has 0 saturated heterocycles. The van der Waals surface area contributed by atoms with Gasteiger partial charge in [-0.25, -0.2) is 10.3 Å². The second-order valence-electron chi connectivity index (χ2n) is 2.42. The molecule has 1 unspecified atom stereocenters. The zero-order valence-corrected chi connectivity index (χ0v) is 8.14. The first-order valence-electron chi connectivity index (χ1n) is 3.46.